The highest BCUT2D eigenvalue weighted by atomic mass is 16.5. The lowest BCUT2D eigenvalue weighted by molar-refractivity contribution is -0.124. The lowest BCUT2D eigenvalue weighted by atomic mass is 10.0. The number of hydrogen-bond donors (Lipinski definition) is 2. The molecule has 0 aromatic heterocycles. The van der Waals surface area contributed by atoms with E-state index in [-0.39, 0.29) is 24.3 Å². The Morgan fingerprint density at radius 2 is 1.68 bits per heavy atom. The number of hydrogen-bond acceptors (Lipinski definition) is 4. The van der Waals surface area contributed by atoms with Gasteiger partial charge in [0.2, 0.25) is 5.91 Å². The molecule has 0 bridgehead atoms. The molecule has 2 N–H and O–H groups in total. The second-order valence-corrected chi connectivity index (χ2v) is 6.96. The Bertz CT molecular complexity index is 816. The molecule has 6 nitrogen and oxygen atoms in total. The molecule has 0 saturated heterocycles. The van der Waals surface area contributed by atoms with Gasteiger partial charge in [-0.25, -0.2) is 0 Å². The van der Waals surface area contributed by atoms with E-state index in [1.807, 2.05) is 45.0 Å². The smallest absolute Gasteiger partial charge is 0.251 e. The summed E-state index contributed by atoms with van der Waals surface area (Å²) in [6.07, 6.45) is 0. The maximum Gasteiger partial charge on any atom is 0.251 e. The monoisotopic (exact) mass is 384 g/mol. The number of aryl methyl sites for hydroxylation is 1. The van der Waals surface area contributed by atoms with Crippen LogP contribution in [0, 0.1) is 12.8 Å². The third-order valence-electron chi connectivity index (χ3n) is 4.50. The van der Waals surface area contributed by atoms with Crippen LogP contribution < -0.4 is 20.1 Å². The largest absolute Gasteiger partial charge is 0.497 e. The summed E-state index contributed by atoms with van der Waals surface area (Å²) in [7, 11) is 3.15. The van der Waals surface area contributed by atoms with Crippen LogP contribution in [0.4, 0.5) is 0 Å². The highest BCUT2D eigenvalue weighted by Crippen LogP contribution is 2.24. The van der Waals surface area contributed by atoms with Gasteiger partial charge in [0.25, 0.3) is 5.91 Å². The molecule has 1 unspecified atom stereocenters. The molecule has 0 spiro atoms. The minimum atomic E-state index is -0.641. The molecule has 0 saturated carbocycles. The topological polar surface area (TPSA) is 76.7 Å². The van der Waals surface area contributed by atoms with E-state index in [0.29, 0.717) is 17.1 Å². The van der Waals surface area contributed by atoms with Crippen molar-refractivity contribution in [2.75, 3.05) is 14.2 Å². The molecule has 1 atom stereocenters. The van der Waals surface area contributed by atoms with E-state index in [2.05, 4.69) is 10.6 Å². The van der Waals surface area contributed by atoms with Crippen molar-refractivity contribution in [3.8, 4) is 11.5 Å². The number of carbonyl (C=O) groups excluding carboxylic acids is 2. The maximum atomic E-state index is 12.7. The minimum Gasteiger partial charge on any atom is -0.497 e. The standard InChI is InChI=1S/C22H28N2O4/c1-14(2)20(24-21(25)16-8-6-15(3)7-9-16)22(26)23-13-17-10-11-18(27-4)12-19(17)28-5/h6-12,14,20H,13H2,1-5H3,(H,23,26)(H,24,25). The Hall–Kier alpha value is -3.02. The van der Waals surface area contributed by atoms with Crippen LogP contribution in [0.3, 0.4) is 0 Å². The summed E-state index contributed by atoms with van der Waals surface area (Å²) in [6.45, 7) is 6.04. The second kappa shape index (κ2) is 9.78. The van der Waals surface area contributed by atoms with Crippen LogP contribution in [0.25, 0.3) is 0 Å². The molecule has 0 aliphatic rings. The number of carbonyl (C=O) groups is 2. The molecule has 2 aromatic carbocycles. The van der Waals surface area contributed by atoms with Gasteiger partial charge in [0, 0.05) is 23.7 Å². The fraction of sp³-hybridized carbons (Fsp3) is 0.364. The van der Waals surface area contributed by atoms with Crippen molar-refractivity contribution in [2.45, 2.75) is 33.4 Å². The van der Waals surface area contributed by atoms with Crippen molar-refractivity contribution in [3.63, 3.8) is 0 Å². The lowest BCUT2D eigenvalue weighted by Gasteiger charge is -2.22. The summed E-state index contributed by atoms with van der Waals surface area (Å²) in [5, 5.41) is 5.72. The Kier molecular flexibility index (Phi) is 7.44. The molecule has 2 amide bonds. The highest BCUT2D eigenvalue weighted by Gasteiger charge is 2.24. The first-order valence-corrected chi connectivity index (χ1v) is 9.21. The van der Waals surface area contributed by atoms with E-state index in [1.165, 1.54) is 0 Å². The van der Waals surface area contributed by atoms with E-state index < -0.39 is 6.04 Å². The van der Waals surface area contributed by atoms with Crippen molar-refractivity contribution < 1.29 is 19.1 Å². The van der Waals surface area contributed by atoms with Gasteiger partial charge in [-0.15, -0.1) is 0 Å². The number of benzene rings is 2. The van der Waals surface area contributed by atoms with Gasteiger partial charge in [0.1, 0.15) is 17.5 Å². The van der Waals surface area contributed by atoms with E-state index >= 15 is 0 Å². The van der Waals surface area contributed by atoms with Gasteiger partial charge < -0.3 is 20.1 Å². The molecule has 0 radical (unpaired) electrons. The molecular weight excluding hydrogens is 356 g/mol. The second-order valence-electron chi connectivity index (χ2n) is 6.96. The summed E-state index contributed by atoms with van der Waals surface area (Å²) < 4.78 is 10.5. The summed E-state index contributed by atoms with van der Waals surface area (Å²) in [4.78, 5) is 25.2. The third-order valence-corrected chi connectivity index (χ3v) is 4.50. The van der Waals surface area contributed by atoms with Crippen LogP contribution in [0.15, 0.2) is 42.5 Å². The first-order valence-electron chi connectivity index (χ1n) is 9.21. The maximum absolute atomic E-state index is 12.7. The molecule has 6 heteroatoms. The van der Waals surface area contributed by atoms with Gasteiger partial charge in [0.05, 0.1) is 14.2 Å². The Labute approximate surface area is 166 Å². The lowest BCUT2D eigenvalue weighted by Crippen LogP contribution is -2.49. The quantitative estimate of drug-likeness (QED) is 0.733. The molecule has 0 heterocycles. The molecule has 0 fully saturated rings. The van der Waals surface area contributed by atoms with Crippen LogP contribution in [-0.4, -0.2) is 32.1 Å². The zero-order valence-corrected chi connectivity index (χ0v) is 17.0. The van der Waals surface area contributed by atoms with E-state index in [0.717, 1.165) is 11.1 Å². The zero-order chi connectivity index (χ0) is 20.7. The summed E-state index contributed by atoms with van der Waals surface area (Å²) in [5.41, 5.74) is 2.42. The normalized spacial score (nSPS) is 11.6. The average Bonchev–Trinajstić information content (AvgIpc) is 2.70. The van der Waals surface area contributed by atoms with Crippen molar-refractivity contribution in [2.24, 2.45) is 5.92 Å². The van der Waals surface area contributed by atoms with Crippen molar-refractivity contribution in [3.05, 3.63) is 59.2 Å². The molecular formula is C22H28N2O4. The van der Waals surface area contributed by atoms with Gasteiger partial charge >= 0.3 is 0 Å². The van der Waals surface area contributed by atoms with Gasteiger partial charge in [-0.2, -0.15) is 0 Å². The fourth-order valence-electron chi connectivity index (χ4n) is 2.75. The van der Waals surface area contributed by atoms with Gasteiger partial charge in [-0.3, -0.25) is 9.59 Å². The first-order chi connectivity index (χ1) is 13.3. The summed E-state index contributed by atoms with van der Waals surface area (Å²) in [5.74, 6) is 0.734. The fourth-order valence-corrected chi connectivity index (χ4v) is 2.75. The SMILES string of the molecule is COc1ccc(CNC(=O)C(NC(=O)c2ccc(C)cc2)C(C)C)c(OC)c1. The Morgan fingerprint density at radius 1 is 1.00 bits per heavy atom. The molecule has 2 aromatic rings. The van der Waals surface area contributed by atoms with Gasteiger partial charge in [-0.05, 0) is 37.1 Å². The Balaban J connectivity index is 2.05. The van der Waals surface area contributed by atoms with Crippen molar-refractivity contribution >= 4 is 11.8 Å². The molecule has 28 heavy (non-hydrogen) atoms. The predicted molar refractivity (Wildman–Crippen MR) is 109 cm³/mol. The number of nitrogens with one attached hydrogen (secondary N) is 2. The van der Waals surface area contributed by atoms with Gasteiger partial charge in [0.15, 0.2) is 0 Å². The zero-order valence-electron chi connectivity index (χ0n) is 17.0. The van der Waals surface area contributed by atoms with Crippen molar-refractivity contribution in [1.82, 2.24) is 10.6 Å². The third kappa shape index (κ3) is 5.49. The van der Waals surface area contributed by atoms with Crippen LogP contribution in [0.5, 0.6) is 11.5 Å². The van der Waals surface area contributed by atoms with Crippen LogP contribution in [-0.2, 0) is 11.3 Å². The Morgan fingerprint density at radius 3 is 2.25 bits per heavy atom. The van der Waals surface area contributed by atoms with E-state index in [4.69, 9.17) is 9.47 Å². The van der Waals surface area contributed by atoms with Gasteiger partial charge in [-0.1, -0.05) is 31.5 Å². The molecule has 0 aliphatic heterocycles. The number of amides is 2. The number of methoxy groups -OCH3 is 2. The predicted octanol–water partition coefficient (Wildman–Crippen LogP) is 3.08. The molecule has 2 rings (SSSR count). The van der Waals surface area contributed by atoms with E-state index in [1.54, 1.807) is 32.4 Å². The summed E-state index contributed by atoms with van der Waals surface area (Å²) in [6, 6.07) is 12.0. The van der Waals surface area contributed by atoms with Crippen LogP contribution >= 0.6 is 0 Å². The van der Waals surface area contributed by atoms with Crippen molar-refractivity contribution in [1.29, 1.82) is 0 Å². The van der Waals surface area contributed by atoms with E-state index in [9.17, 15) is 9.59 Å². The molecule has 0 aliphatic carbocycles. The van der Waals surface area contributed by atoms with Crippen LogP contribution in [0.2, 0.25) is 0 Å². The minimum absolute atomic E-state index is 0.0628. The first kappa shape index (κ1) is 21.3. The summed E-state index contributed by atoms with van der Waals surface area (Å²) >= 11 is 0. The average molecular weight is 384 g/mol. The number of ether oxygens (including phenoxy) is 2. The highest BCUT2D eigenvalue weighted by molar-refractivity contribution is 5.97. The molecule has 150 valence electrons. The van der Waals surface area contributed by atoms with Crippen LogP contribution in [0.1, 0.15) is 35.3 Å². The number of rotatable bonds is 8.